The van der Waals surface area contributed by atoms with Crippen LogP contribution in [0.15, 0.2) is 78.9 Å². The average Bonchev–Trinajstić information content (AvgIpc) is 2.67. The van der Waals surface area contributed by atoms with Crippen molar-refractivity contribution in [3.8, 4) is 5.75 Å². The number of benzene rings is 3. The van der Waals surface area contributed by atoms with E-state index in [-0.39, 0.29) is 5.82 Å². The van der Waals surface area contributed by atoms with E-state index in [1.54, 1.807) is 12.1 Å². The average molecular weight is 335 g/mol. The van der Waals surface area contributed by atoms with Gasteiger partial charge in [0.25, 0.3) is 0 Å². The first kappa shape index (κ1) is 17.0. The molecule has 0 saturated carbocycles. The van der Waals surface area contributed by atoms with Gasteiger partial charge in [-0.1, -0.05) is 42.5 Å². The zero-order valence-corrected chi connectivity index (χ0v) is 14.1. The lowest BCUT2D eigenvalue weighted by Crippen LogP contribution is -2.01. The number of nitrogens with one attached hydrogen (secondary N) is 1. The highest BCUT2D eigenvalue weighted by atomic mass is 19.1. The van der Waals surface area contributed by atoms with Crippen LogP contribution in [0.5, 0.6) is 5.75 Å². The Bertz CT molecular complexity index is 754. The van der Waals surface area contributed by atoms with Crippen LogP contribution < -0.4 is 10.1 Å². The van der Waals surface area contributed by atoms with Crippen LogP contribution >= 0.6 is 0 Å². The Morgan fingerprint density at radius 1 is 0.760 bits per heavy atom. The van der Waals surface area contributed by atoms with Gasteiger partial charge >= 0.3 is 0 Å². The van der Waals surface area contributed by atoms with Crippen LogP contribution in [-0.4, -0.2) is 6.61 Å². The van der Waals surface area contributed by atoms with Crippen LogP contribution in [0.4, 0.5) is 10.1 Å². The Hall–Kier alpha value is -2.81. The molecule has 0 bridgehead atoms. The normalized spacial score (nSPS) is 10.4. The molecular weight excluding hydrogens is 313 g/mol. The molecule has 0 aliphatic rings. The van der Waals surface area contributed by atoms with Gasteiger partial charge in [0.2, 0.25) is 0 Å². The molecule has 3 heteroatoms. The molecule has 2 nitrogen and oxygen atoms in total. The number of halogens is 1. The summed E-state index contributed by atoms with van der Waals surface area (Å²) in [4.78, 5) is 0. The largest absolute Gasteiger partial charge is 0.494 e. The SMILES string of the molecule is Fc1ccc(CNc2ccc(OCCCc3ccccc3)cc2)cc1. The van der Waals surface area contributed by atoms with Gasteiger partial charge in [0.05, 0.1) is 6.61 Å². The fourth-order valence-electron chi connectivity index (χ4n) is 2.59. The van der Waals surface area contributed by atoms with Crippen molar-refractivity contribution >= 4 is 5.69 Å². The van der Waals surface area contributed by atoms with Crippen LogP contribution in [0.25, 0.3) is 0 Å². The Kier molecular flexibility index (Phi) is 6.05. The zero-order valence-electron chi connectivity index (χ0n) is 14.1. The van der Waals surface area contributed by atoms with E-state index < -0.39 is 0 Å². The standard InChI is InChI=1S/C22H22FNO/c23-20-10-8-19(9-11-20)17-24-21-12-14-22(15-13-21)25-16-4-7-18-5-2-1-3-6-18/h1-3,5-6,8-15,24H,4,7,16-17H2. The molecule has 0 aromatic heterocycles. The number of hydrogen-bond acceptors (Lipinski definition) is 2. The Morgan fingerprint density at radius 3 is 2.20 bits per heavy atom. The second-order valence-corrected chi connectivity index (χ2v) is 5.94. The minimum atomic E-state index is -0.211. The molecule has 0 radical (unpaired) electrons. The van der Waals surface area contributed by atoms with E-state index in [0.29, 0.717) is 13.2 Å². The third kappa shape index (κ3) is 5.64. The number of ether oxygens (including phenoxy) is 1. The predicted octanol–water partition coefficient (Wildman–Crippen LogP) is 5.45. The number of hydrogen-bond donors (Lipinski definition) is 1. The van der Waals surface area contributed by atoms with Crippen molar-refractivity contribution < 1.29 is 9.13 Å². The summed E-state index contributed by atoms with van der Waals surface area (Å²) < 4.78 is 18.7. The molecule has 128 valence electrons. The predicted molar refractivity (Wildman–Crippen MR) is 100 cm³/mol. The summed E-state index contributed by atoms with van der Waals surface area (Å²) in [6, 6.07) is 24.9. The van der Waals surface area contributed by atoms with Crippen molar-refractivity contribution in [1.82, 2.24) is 0 Å². The van der Waals surface area contributed by atoms with Gasteiger partial charge in [-0.15, -0.1) is 0 Å². The third-order valence-corrected chi connectivity index (χ3v) is 3.99. The van der Waals surface area contributed by atoms with Gasteiger partial charge < -0.3 is 10.1 Å². The number of anilines is 1. The van der Waals surface area contributed by atoms with Crippen molar-refractivity contribution in [1.29, 1.82) is 0 Å². The lowest BCUT2D eigenvalue weighted by Gasteiger charge is -2.09. The molecule has 0 aliphatic carbocycles. The third-order valence-electron chi connectivity index (χ3n) is 3.99. The number of aryl methyl sites for hydroxylation is 1. The second kappa shape index (κ2) is 8.88. The minimum absolute atomic E-state index is 0.211. The van der Waals surface area contributed by atoms with E-state index in [2.05, 4.69) is 29.6 Å². The van der Waals surface area contributed by atoms with E-state index >= 15 is 0 Å². The van der Waals surface area contributed by atoms with Gasteiger partial charge in [-0.25, -0.2) is 4.39 Å². The van der Waals surface area contributed by atoms with Gasteiger partial charge in [-0.05, 0) is 60.4 Å². The van der Waals surface area contributed by atoms with Crippen LogP contribution in [0.3, 0.4) is 0 Å². The van der Waals surface area contributed by atoms with Gasteiger partial charge in [-0.3, -0.25) is 0 Å². The van der Waals surface area contributed by atoms with Gasteiger partial charge in [0.1, 0.15) is 11.6 Å². The highest BCUT2D eigenvalue weighted by Gasteiger charge is 1.98. The first-order valence-electron chi connectivity index (χ1n) is 8.55. The molecule has 0 saturated heterocycles. The molecule has 0 fully saturated rings. The van der Waals surface area contributed by atoms with Crippen LogP contribution in [0, 0.1) is 5.82 Å². The highest BCUT2D eigenvalue weighted by molar-refractivity contribution is 5.46. The first-order valence-corrected chi connectivity index (χ1v) is 8.55. The summed E-state index contributed by atoms with van der Waals surface area (Å²) in [5.41, 5.74) is 3.40. The summed E-state index contributed by atoms with van der Waals surface area (Å²) in [7, 11) is 0. The van der Waals surface area contributed by atoms with Gasteiger partial charge in [0.15, 0.2) is 0 Å². The molecule has 0 amide bonds. The summed E-state index contributed by atoms with van der Waals surface area (Å²) in [6.45, 7) is 1.37. The molecular formula is C22H22FNO. The summed E-state index contributed by atoms with van der Waals surface area (Å²) >= 11 is 0. The minimum Gasteiger partial charge on any atom is -0.494 e. The Morgan fingerprint density at radius 2 is 1.48 bits per heavy atom. The van der Waals surface area contributed by atoms with E-state index in [4.69, 9.17) is 4.74 Å². The van der Waals surface area contributed by atoms with Gasteiger partial charge in [0, 0.05) is 12.2 Å². The molecule has 0 heterocycles. The van der Waals surface area contributed by atoms with E-state index in [0.717, 1.165) is 29.8 Å². The monoisotopic (exact) mass is 335 g/mol. The van der Waals surface area contributed by atoms with E-state index in [1.807, 2.05) is 30.3 Å². The smallest absolute Gasteiger partial charge is 0.123 e. The highest BCUT2D eigenvalue weighted by Crippen LogP contribution is 2.17. The Balaban J connectivity index is 1.40. The van der Waals surface area contributed by atoms with Gasteiger partial charge in [-0.2, -0.15) is 0 Å². The van der Waals surface area contributed by atoms with Crippen molar-refractivity contribution in [2.45, 2.75) is 19.4 Å². The molecule has 0 atom stereocenters. The first-order chi connectivity index (χ1) is 12.3. The maximum Gasteiger partial charge on any atom is 0.123 e. The number of rotatable bonds is 8. The summed E-state index contributed by atoms with van der Waals surface area (Å²) in [6.07, 6.45) is 2.02. The van der Waals surface area contributed by atoms with Crippen molar-refractivity contribution in [2.24, 2.45) is 0 Å². The molecule has 0 aliphatic heterocycles. The molecule has 3 aromatic rings. The maximum atomic E-state index is 12.9. The van der Waals surface area contributed by atoms with E-state index in [1.165, 1.54) is 17.7 Å². The molecule has 0 spiro atoms. The second-order valence-electron chi connectivity index (χ2n) is 5.94. The quantitative estimate of drug-likeness (QED) is 0.553. The molecule has 1 N–H and O–H groups in total. The van der Waals surface area contributed by atoms with Crippen molar-refractivity contribution in [2.75, 3.05) is 11.9 Å². The topological polar surface area (TPSA) is 21.3 Å². The molecule has 3 aromatic carbocycles. The summed E-state index contributed by atoms with van der Waals surface area (Å²) in [5.74, 6) is 0.665. The van der Waals surface area contributed by atoms with Crippen LogP contribution in [0.2, 0.25) is 0 Å². The van der Waals surface area contributed by atoms with Crippen LogP contribution in [0.1, 0.15) is 17.5 Å². The van der Waals surface area contributed by atoms with E-state index in [9.17, 15) is 4.39 Å². The fraction of sp³-hybridized carbons (Fsp3) is 0.182. The maximum absolute atomic E-state index is 12.9. The zero-order chi connectivity index (χ0) is 17.3. The summed E-state index contributed by atoms with van der Waals surface area (Å²) in [5, 5.41) is 3.32. The lowest BCUT2D eigenvalue weighted by atomic mass is 10.1. The lowest BCUT2D eigenvalue weighted by molar-refractivity contribution is 0.311. The molecule has 3 rings (SSSR count). The molecule has 25 heavy (non-hydrogen) atoms. The van der Waals surface area contributed by atoms with Crippen molar-refractivity contribution in [3.05, 3.63) is 95.8 Å². The molecule has 0 unspecified atom stereocenters. The fourth-order valence-corrected chi connectivity index (χ4v) is 2.59. The Labute approximate surface area is 148 Å². The van der Waals surface area contributed by atoms with Crippen LogP contribution in [-0.2, 0) is 13.0 Å². The van der Waals surface area contributed by atoms with Crippen molar-refractivity contribution in [3.63, 3.8) is 0 Å².